The lowest BCUT2D eigenvalue weighted by Crippen LogP contribution is -2.16. The Morgan fingerprint density at radius 2 is 1.90 bits per heavy atom. The van der Waals surface area contributed by atoms with Gasteiger partial charge in [-0.2, -0.15) is 5.10 Å². The molecule has 0 saturated heterocycles. The number of amides is 1. The van der Waals surface area contributed by atoms with Crippen molar-refractivity contribution in [2.75, 3.05) is 12.4 Å². The van der Waals surface area contributed by atoms with Crippen molar-refractivity contribution in [3.8, 4) is 11.5 Å². The van der Waals surface area contributed by atoms with E-state index in [4.69, 9.17) is 9.47 Å². The molecule has 0 radical (unpaired) electrons. The minimum Gasteiger partial charge on any atom is -0.496 e. The van der Waals surface area contributed by atoms with Gasteiger partial charge < -0.3 is 19.9 Å². The number of aromatic nitrogens is 2. The number of carbonyl (C=O) groups excluding carboxylic acids is 1. The third-order valence-electron chi connectivity index (χ3n) is 4.66. The van der Waals surface area contributed by atoms with Crippen LogP contribution in [0.5, 0.6) is 11.5 Å². The lowest BCUT2D eigenvalue weighted by Gasteiger charge is -2.14. The number of aryl methyl sites for hydroxylation is 3. The highest BCUT2D eigenvalue weighted by Gasteiger charge is 2.19. The average molecular weight is 409 g/mol. The zero-order valence-corrected chi connectivity index (χ0v) is 17.2. The number of carbonyl (C=O) groups is 2. The van der Waals surface area contributed by atoms with E-state index in [9.17, 15) is 14.7 Å². The van der Waals surface area contributed by atoms with Crippen LogP contribution in [0.3, 0.4) is 0 Å². The normalized spacial score (nSPS) is 10.5. The van der Waals surface area contributed by atoms with Crippen molar-refractivity contribution in [3.63, 3.8) is 0 Å². The van der Waals surface area contributed by atoms with E-state index in [0.29, 0.717) is 16.9 Å². The molecular weight excluding hydrogens is 386 g/mol. The molecule has 1 heterocycles. The molecule has 8 heteroatoms. The first-order valence-electron chi connectivity index (χ1n) is 9.23. The van der Waals surface area contributed by atoms with Crippen molar-refractivity contribution in [1.82, 2.24) is 9.78 Å². The minimum absolute atomic E-state index is 0.102. The van der Waals surface area contributed by atoms with Crippen molar-refractivity contribution in [2.24, 2.45) is 7.05 Å². The van der Waals surface area contributed by atoms with Crippen molar-refractivity contribution in [2.45, 2.75) is 20.5 Å². The Bertz CT molecular complexity index is 1100. The molecule has 0 aliphatic carbocycles. The zero-order chi connectivity index (χ0) is 21.8. The highest BCUT2D eigenvalue weighted by molar-refractivity contribution is 6.07. The number of hydrogen-bond acceptors (Lipinski definition) is 5. The first-order chi connectivity index (χ1) is 14.3. The number of nitrogens with zero attached hydrogens (tertiary/aromatic N) is 2. The molecule has 2 aromatic carbocycles. The Morgan fingerprint density at radius 1 is 1.13 bits per heavy atom. The fourth-order valence-electron chi connectivity index (χ4n) is 3.03. The number of carboxylic acids is 1. The van der Waals surface area contributed by atoms with Crippen LogP contribution in [0.15, 0.2) is 42.6 Å². The Labute approximate surface area is 174 Å². The fraction of sp³-hybridized carbons (Fsp3) is 0.227. The Kier molecular flexibility index (Phi) is 6.06. The molecule has 0 aliphatic heterocycles. The van der Waals surface area contributed by atoms with E-state index in [2.05, 4.69) is 10.4 Å². The maximum atomic E-state index is 12.7. The van der Waals surface area contributed by atoms with Gasteiger partial charge in [-0.15, -0.1) is 0 Å². The van der Waals surface area contributed by atoms with Crippen molar-refractivity contribution in [1.29, 1.82) is 0 Å². The van der Waals surface area contributed by atoms with Crippen LogP contribution in [0.1, 0.15) is 37.5 Å². The second-order valence-corrected chi connectivity index (χ2v) is 6.87. The van der Waals surface area contributed by atoms with Gasteiger partial charge in [-0.3, -0.25) is 9.48 Å². The molecular formula is C22H23N3O5. The molecule has 0 unspecified atom stereocenters. The van der Waals surface area contributed by atoms with Crippen LogP contribution in [0.2, 0.25) is 0 Å². The van der Waals surface area contributed by atoms with Crippen LogP contribution >= 0.6 is 0 Å². The van der Waals surface area contributed by atoms with Crippen LogP contribution in [-0.4, -0.2) is 33.9 Å². The summed E-state index contributed by atoms with van der Waals surface area (Å²) < 4.78 is 12.5. The summed E-state index contributed by atoms with van der Waals surface area (Å²) in [6, 6.07) is 10.9. The van der Waals surface area contributed by atoms with E-state index in [1.807, 2.05) is 32.0 Å². The molecule has 1 amide bonds. The monoisotopic (exact) mass is 409 g/mol. The minimum atomic E-state index is -1.18. The quantitative estimate of drug-likeness (QED) is 0.618. The summed E-state index contributed by atoms with van der Waals surface area (Å²) in [5.74, 6) is -0.290. The number of nitrogens with one attached hydrogen (secondary N) is 1. The number of hydrogen-bond donors (Lipinski definition) is 2. The van der Waals surface area contributed by atoms with E-state index in [0.717, 1.165) is 16.9 Å². The van der Waals surface area contributed by atoms with E-state index in [1.54, 1.807) is 25.3 Å². The summed E-state index contributed by atoms with van der Waals surface area (Å²) in [4.78, 5) is 24.1. The van der Waals surface area contributed by atoms with Gasteiger partial charge in [0.1, 0.15) is 18.1 Å². The van der Waals surface area contributed by atoms with E-state index in [1.165, 1.54) is 17.9 Å². The molecule has 0 aliphatic rings. The summed E-state index contributed by atoms with van der Waals surface area (Å²) in [5, 5.41) is 15.8. The smallest absolute Gasteiger partial charge is 0.356 e. The summed E-state index contributed by atoms with van der Waals surface area (Å²) in [6.45, 7) is 4.16. The summed E-state index contributed by atoms with van der Waals surface area (Å²) in [5.41, 5.74) is 3.15. The first kappa shape index (κ1) is 20.9. The largest absolute Gasteiger partial charge is 0.496 e. The molecule has 156 valence electrons. The van der Waals surface area contributed by atoms with Crippen LogP contribution in [0.25, 0.3) is 0 Å². The third kappa shape index (κ3) is 4.43. The van der Waals surface area contributed by atoms with Gasteiger partial charge in [0.25, 0.3) is 5.91 Å². The van der Waals surface area contributed by atoms with Crippen LogP contribution < -0.4 is 14.8 Å². The average Bonchev–Trinajstić information content (AvgIpc) is 3.08. The predicted molar refractivity (Wildman–Crippen MR) is 111 cm³/mol. The number of aromatic carboxylic acids is 1. The molecule has 2 N–H and O–H groups in total. The molecule has 0 bridgehead atoms. The lowest BCUT2D eigenvalue weighted by atomic mass is 10.1. The predicted octanol–water partition coefficient (Wildman–Crippen LogP) is 3.58. The van der Waals surface area contributed by atoms with Crippen LogP contribution in [0.4, 0.5) is 5.69 Å². The second kappa shape index (κ2) is 8.69. The molecule has 0 atom stereocenters. The van der Waals surface area contributed by atoms with Gasteiger partial charge in [0.15, 0.2) is 5.69 Å². The molecule has 0 spiro atoms. The summed E-state index contributed by atoms with van der Waals surface area (Å²) in [7, 11) is 3.04. The highest BCUT2D eigenvalue weighted by atomic mass is 16.5. The third-order valence-corrected chi connectivity index (χ3v) is 4.66. The van der Waals surface area contributed by atoms with Gasteiger partial charge in [0.2, 0.25) is 0 Å². The first-order valence-corrected chi connectivity index (χ1v) is 9.23. The standard InChI is InChI=1S/C22H23N3O5/c1-13-5-6-14(2)19(9-13)30-12-16-10-15(7-8-18(16)29-4)21(26)24-17-11-23-25(3)20(17)22(27)28/h5-11H,12H2,1-4H3,(H,24,26)(H,27,28). The van der Waals surface area contributed by atoms with Gasteiger partial charge in [-0.25, -0.2) is 4.79 Å². The van der Waals surface area contributed by atoms with Gasteiger partial charge in [0.05, 0.1) is 19.0 Å². The number of anilines is 1. The highest BCUT2D eigenvalue weighted by Crippen LogP contribution is 2.25. The second-order valence-electron chi connectivity index (χ2n) is 6.87. The Morgan fingerprint density at radius 3 is 2.60 bits per heavy atom. The molecule has 0 saturated carbocycles. The van der Waals surface area contributed by atoms with E-state index in [-0.39, 0.29) is 18.0 Å². The molecule has 30 heavy (non-hydrogen) atoms. The summed E-state index contributed by atoms with van der Waals surface area (Å²) >= 11 is 0. The molecule has 1 aromatic heterocycles. The number of ether oxygens (including phenoxy) is 2. The maximum absolute atomic E-state index is 12.7. The number of methoxy groups -OCH3 is 1. The van der Waals surface area contributed by atoms with Crippen LogP contribution in [-0.2, 0) is 13.7 Å². The molecule has 0 fully saturated rings. The summed E-state index contributed by atoms with van der Waals surface area (Å²) in [6.07, 6.45) is 1.30. The van der Waals surface area contributed by atoms with Gasteiger partial charge >= 0.3 is 5.97 Å². The van der Waals surface area contributed by atoms with E-state index < -0.39 is 11.9 Å². The van der Waals surface area contributed by atoms with Crippen molar-refractivity contribution >= 4 is 17.6 Å². The molecule has 3 rings (SSSR count). The maximum Gasteiger partial charge on any atom is 0.356 e. The Hall–Kier alpha value is -3.81. The van der Waals surface area contributed by atoms with Crippen molar-refractivity contribution < 1.29 is 24.2 Å². The van der Waals surface area contributed by atoms with Gasteiger partial charge in [-0.05, 0) is 49.2 Å². The van der Waals surface area contributed by atoms with Gasteiger partial charge in [0, 0.05) is 18.2 Å². The number of carboxylic acid groups (broad SMARTS) is 1. The Balaban J connectivity index is 1.82. The number of benzene rings is 2. The van der Waals surface area contributed by atoms with E-state index >= 15 is 0 Å². The SMILES string of the molecule is COc1ccc(C(=O)Nc2cnn(C)c2C(=O)O)cc1COc1cc(C)ccc1C. The fourth-order valence-corrected chi connectivity index (χ4v) is 3.03. The van der Waals surface area contributed by atoms with Crippen LogP contribution in [0, 0.1) is 13.8 Å². The number of rotatable bonds is 7. The van der Waals surface area contributed by atoms with Gasteiger partial charge in [-0.1, -0.05) is 12.1 Å². The zero-order valence-electron chi connectivity index (χ0n) is 17.2. The molecule has 3 aromatic rings. The topological polar surface area (TPSA) is 103 Å². The molecule has 8 nitrogen and oxygen atoms in total. The lowest BCUT2D eigenvalue weighted by molar-refractivity contribution is 0.0686. The van der Waals surface area contributed by atoms with Crippen molar-refractivity contribution in [3.05, 3.63) is 70.5 Å².